The number of para-hydroxylation sites is 1. The number of carbonyl (C=O) groups excluding carboxylic acids is 1. The number of amides is 1. The molecule has 1 aromatic rings. The van der Waals surface area contributed by atoms with Gasteiger partial charge in [-0.1, -0.05) is 19.4 Å². The van der Waals surface area contributed by atoms with E-state index < -0.39 is 23.7 Å². The van der Waals surface area contributed by atoms with Gasteiger partial charge in [0.2, 0.25) is 5.91 Å². The van der Waals surface area contributed by atoms with E-state index in [2.05, 4.69) is 5.32 Å². The van der Waals surface area contributed by atoms with Crippen molar-refractivity contribution < 1.29 is 19.1 Å². The zero-order chi connectivity index (χ0) is 13.7. The molecule has 0 spiro atoms. The molecule has 0 fully saturated rings. The van der Waals surface area contributed by atoms with Crippen molar-refractivity contribution in [2.75, 3.05) is 5.32 Å². The average Bonchev–Trinajstić information content (AvgIpc) is 2.31. The number of carbonyl (C=O) groups is 2. The van der Waals surface area contributed by atoms with Gasteiger partial charge in [0.15, 0.2) is 0 Å². The maximum Gasteiger partial charge on any atom is 0.337 e. The SMILES string of the molecule is CCCC(N)C(=O)Nc1c(F)cccc1C(=O)O. The molecule has 6 heteroatoms. The number of benzene rings is 1. The first kappa shape index (κ1) is 14.1. The number of nitrogens with one attached hydrogen (secondary N) is 1. The van der Waals surface area contributed by atoms with E-state index in [0.717, 1.165) is 6.07 Å². The molecule has 1 amide bonds. The quantitative estimate of drug-likeness (QED) is 0.744. The standard InChI is InChI=1S/C12H15FN2O3/c1-2-4-9(14)11(16)15-10-7(12(17)18)5-3-6-8(10)13/h3,5-6,9H,2,4,14H2,1H3,(H,15,16)(H,17,18). The van der Waals surface area contributed by atoms with Crippen LogP contribution in [-0.2, 0) is 4.79 Å². The van der Waals surface area contributed by atoms with E-state index in [1.165, 1.54) is 12.1 Å². The van der Waals surface area contributed by atoms with Crippen molar-refractivity contribution in [3.8, 4) is 0 Å². The van der Waals surface area contributed by atoms with E-state index in [4.69, 9.17) is 10.8 Å². The first-order valence-corrected chi connectivity index (χ1v) is 5.55. The van der Waals surface area contributed by atoms with Crippen molar-refractivity contribution in [1.29, 1.82) is 0 Å². The second-order valence-corrected chi connectivity index (χ2v) is 3.85. The molecule has 5 nitrogen and oxygen atoms in total. The summed E-state index contributed by atoms with van der Waals surface area (Å²) in [5, 5.41) is 11.1. The maximum atomic E-state index is 13.5. The minimum absolute atomic E-state index is 0.299. The summed E-state index contributed by atoms with van der Waals surface area (Å²) in [6.07, 6.45) is 1.15. The number of carboxylic acids is 1. The second kappa shape index (κ2) is 6.11. The van der Waals surface area contributed by atoms with E-state index in [1.54, 1.807) is 0 Å². The Morgan fingerprint density at radius 3 is 2.72 bits per heavy atom. The van der Waals surface area contributed by atoms with Crippen molar-refractivity contribution >= 4 is 17.6 Å². The lowest BCUT2D eigenvalue weighted by atomic mass is 10.1. The summed E-state index contributed by atoms with van der Waals surface area (Å²) in [4.78, 5) is 22.5. The minimum atomic E-state index is -1.31. The molecule has 0 bridgehead atoms. The van der Waals surface area contributed by atoms with Gasteiger partial charge in [-0.3, -0.25) is 4.79 Å². The Kier molecular flexibility index (Phi) is 4.79. The molecule has 0 aliphatic heterocycles. The number of hydrogen-bond donors (Lipinski definition) is 3. The van der Waals surface area contributed by atoms with Gasteiger partial charge in [-0.25, -0.2) is 9.18 Å². The van der Waals surface area contributed by atoms with E-state index in [1.807, 2.05) is 6.92 Å². The van der Waals surface area contributed by atoms with Crippen LogP contribution in [0.4, 0.5) is 10.1 Å². The van der Waals surface area contributed by atoms with E-state index in [-0.39, 0.29) is 11.3 Å². The van der Waals surface area contributed by atoms with Crippen LogP contribution in [0, 0.1) is 5.82 Å². The highest BCUT2D eigenvalue weighted by molar-refractivity contribution is 6.02. The minimum Gasteiger partial charge on any atom is -0.478 e. The van der Waals surface area contributed by atoms with Crippen LogP contribution in [0.3, 0.4) is 0 Å². The molecular weight excluding hydrogens is 239 g/mol. The van der Waals surface area contributed by atoms with Crippen LogP contribution >= 0.6 is 0 Å². The van der Waals surface area contributed by atoms with Gasteiger partial charge in [0.25, 0.3) is 0 Å². The maximum absolute atomic E-state index is 13.5. The van der Waals surface area contributed by atoms with Crippen LogP contribution < -0.4 is 11.1 Å². The Morgan fingerprint density at radius 1 is 1.50 bits per heavy atom. The van der Waals surface area contributed by atoms with Gasteiger partial charge in [-0.2, -0.15) is 0 Å². The fraction of sp³-hybridized carbons (Fsp3) is 0.333. The molecule has 1 atom stereocenters. The van der Waals surface area contributed by atoms with Crippen molar-refractivity contribution in [3.63, 3.8) is 0 Å². The Bertz CT molecular complexity index is 463. The van der Waals surface area contributed by atoms with Gasteiger partial charge >= 0.3 is 5.97 Å². The first-order chi connectivity index (χ1) is 8.47. The lowest BCUT2D eigenvalue weighted by Crippen LogP contribution is -2.36. The number of carboxylic acid groups (broad SMARTS) is 1. The molecule has 0 saturated heterocycles. The largest absolute Gasteiger partial charge is 0.478 e. The predicted molar refractivity (Wildman–Crippen MR) is 64.9 cm³/mol. The van der Waals surface area contributed by atoms with E-state index in [9.17, 15) is 14.0 Å². The molecule has 0 aliphatic carbocycles. The predicted octanol–water partition coefficient (Wildman–Crippen LogP) is 1.59. The molecule has 1 unspecified atom stereocenters. The van der Waals surface area contributed by atoms with Crippen molar-refractivity contribution in [1.82, 2.24) is 0 Å². The monoisotopic (exact) mass is 254 g/mol. The zero-order valence-electron chi connectivity index (χ0n) is 9.94. The van der Waals surface area contributed by atoms with Crippen LogP contribution in [0.2, 0.25) is 0 Å². The summed E-state index contributed by atoms with van der Waals surface area (Å²) in [5.41, 5.74) is 4.93. The molecule has 0 aliphatic rings. The molecule has 4 N–H and O–H groups in total. The highest BCUT2D eigenvalue weighted by Gasteiger charge is 2.19. The smallest absolute Gasteiger partial charge is 0.337 e. The van der Waals surface area contributed by atoms with E-state index in [0.29, 0.717) is 12.8 Å². The van der Waals surface area contributed by atoms with Crippen LogP contribution in [0.5, 0.6) is 0 Å². The van der Waals surface area contributed by atoms with Crippen LogP contribution in [0.15, 0.2) is 18.2 Å². The highest BCUT2D eigenvalue weighted by atomic mass is 19.1. The van der Waals surface area contributed by atoms with Crippen molar-refractivity contribution in [2.24, 2.45) is 5.73 Å². The average molecular weight is 254 g/mol. The molecule has 0 saturated carbocycles. The lowest BCUT2D eigenvalue weighted by molar-refractivity contribution is -0.117. The third-order valence-electron chi connectivity index (χ3n) is 2.43. The van der Waals surface area contributed by atoms with Gasteiger partial charge in [0.1, 0.15) is 5.82 Å². The summed E-state index contributed by atoms with van der Waals surface area (Å²) >= 11 is 0. The Morgan fingerprint density at radius 2 is 2.17 bits per heavy atom. The normalized spacial score (nSPS) is 11.9. The fourth-order valence-electron chi connectivity index (χ4n) is 1.49. The highest BCUT2D eigenvalue weighted by Crippen LogP contribution is 2.20. The van der Waals surface area contributed by atoms with Crippen LogP contribution in [0.1, 0.15) is 30.1 Å². The van der Waals surface area contributed by atoms with Crippen LogP contribution in [-0.4, -0.2) is 23.0 Å². The first-order valence-electron chi connectivity index (χ1n) is 5.55. The molecule has 0 radical (unpaired) electrons. The lowest BCUT2D eigenvalue weighted by Gasteiger charge is -2.13. The molecule has 1 rings (SSSR count). The van der Waals surface area contributed by atoms with Crippen molar-refractivity contribution in [3.05, 3.63) is 29.6 Å². The third kappa shape index (κ3) is 3.27. The summed E-state index contributed by atoms with van der Waals surface area (Å²) < 4.78 is 13.5. The summed E-state index contributed by atoms with van der Waals surface area (Å²) in [7, 11) is 0. The number of rotatable bonds is 5. The molecular formula is C12H15FN2O3. The fourth-order valence-corrected chi connectivity index (χ4v) is 1.49. The molecule has 98 valence electrons. The zero-order valence-corrected chi connectivity index (χ0v) is 9.94. The molecule has 0 aromatic heterocycles. The van der Waals surface area contributed by atoms with E-state index >= 15 is 0 Å². The number of hydrogen-bond acceptors (Lipinski definition) is 3. The van der Waals surface area contributed by atoms with Crippen molar-refractivity contribution in [2.45, 2.75) is 25.8 Å². The van der Waals surface area contributed by atoms with Gasteiger partial charge < -0.3 is 16.2 Å². The number of aromatic carboxylic acids is 1. The number of anilines is 1. The Labute approximate surface area is 104 Å². The van der Waals surface area contributed by atoms with Gasteiger partial charge in [0, 0.05) is 0 Å². The molecule has 1 aromatic carbocycles. The molecule has 0 heterocycles. The van der Waals surface area contributed by atoms with Gasteiger partial charge in [-0.05, 0) is 18.6 Å². The topological polar surface area (TPSA) is 92.4 Å². The van der Waals surface area contributed by atoms with Gasteiger partial charge in [-0.15, -0.1) is 0 Å². The molecule has 18 heavy (non-hydrogen) atoms. The summed E-state index contributed by atoms with van der Waals surface area (Å²) in [6, 6.07) is 2.77. The van der Waals surface area contributed by atoms with Crippen LogP contribution in [0.25, 0.3) is 0 Å². The Hall–Kier alpha value is -1.95. The summed E-state index contributed by atoms with van der Waals surface area (Å²) in [6.45, 7) is 1.86. The van der Waals surface area contributed by atoms with Gasteiger partial charge in [0.05, 0.1) is 17.3 Å². The number of nitrogens with two attached hydrogens (primary N) is 1. The third-order valence-corrected chi connectivity index (χ3v) is 2.43. The Balaban J connectivity index is 2.96. The summed E-state index contributed by atoms with van der Waals surface area (Å²) in [5.74, 6) is -2.70. The second-order valence-electron chi connectivity index (χ2n) is 3.85. The number of halogens is 1.